The zero-order chi connectivity index (χ0) is 25.2. The van der Waals surface area contributed by atoms with Crippen LogP contribution in [0.25, 0.3) is 0 Å². The third kappa shape index (κ3) is 4.82. The highest BCUT2D eigenvalue weighted by Gasteiger charge is 2.51. The Balaban J connectivity index is 1.44. The van der Waals surface area contributed by atoms with Gasteiger partial charge in [-0.25, -0.2) is 9.48 Å². The highest BCUT2D eigenvalue weighted by molar-refractivity contribution is 6.10. The molecule has 1 saturated heterocycles. The number of aromatic nitrogens is 2. The highest BCUT2D eigenvalue weighted by Crippen LogP contribution is 2.32. The fraction of sp³-hybridized carbons (Fsp3) is 0.333. The quantitative estimate of drug-likeness (QED) is 0.507. The average molecular weight is 474 g/mol. The topological polar surface area (TPSA) is 96.3 Å². The number of benzene rings is 2. The molecule has 2 aromatic carbocycles. The summed E-state index contributed by atoms with van der Waals surface area (Å²) in [5.41, 5.74) is 1.88. The number of urea groups is 1. The first-order valence-electron chi connectivity index (χ1n) is 11.7. The summed E-state index contributed by atoms with van der Waals surface area (Å²) in [6, 6.07) is 18.5. The van der Waals surface area contributed by atoms with Crippen molar-refractivity contribution in [3.05, 3.63) is 83.6 Å². The van der Waals surface area contributed by atoms with Gasteiger partial charge in [0.1, 0.15) is 17.9 Å². The van der Waals surface area contributed by atoms with Crippen molar-refractivity contribution in [3.8, 4) is 0 Å². The summed E-state index contributed by atoms with van der Waals surface area (Å²) in [5, 5.41) is 9.90. The Labute approximate surface area is 205 Å². The molecule has 1 aliphatic heterocycles. The van der Waals surface area contributed by atoms with Gasteiger partial charge in [0.15, 0.2) is 0 Å². The smallest absolute Gasteiger partial charge is 0.319 e. The first-order valence-corrected chi connectivity index (χ1v) is 11.7. The highest BCUT2D eigenvalue weighted by atomic mass is 16.2. The van der Waals surface area contributed by atoms with Crippen LogP contribution in [0.15, 0.2) is 66.9 Å². The molecule has 8 heteroatoms. The first kappa shape index (κ1) is 24.2. The van der Waals surface area contributed by atoms with Crippen molar-refractivity contribution in [2.75, 3.05) is 11.9 Å². The molecule has 1 atom stereocenters. The SMILES string of the molecule is CCC1(c2ccccc2)NC(=O)N(CC(=O)Nc2ccnn2Cc2ccc(C(C)(C)C)cc2)C1=O. The lowest BCUT2D eigenvalue weighted by molar-refractivity contribution is -0.134. The van der Waals surface area contributed by atoms with E-state index in [-0.39, 0.29) is 12.0 Å². The van der Waals surface area contributed by atoms with E-state index in [1.54, 1.807) is 29.1 Å². The van der Waals surface area contributed by atoms with Gasteiger partial charge in [0.2, 0.25) is 5.91 Å². The van der Waals surface area contributed by atoms with Crippen LogP contribution in [0.3, 0.4) is 0 Å². The molecule has 0 saturated carbocycles. The molecule has 0 aliphatic carbocycles. The number of nitrogens with one attached hydrogen (secondary N) is 2. The number of rotatable bonds is 7. The van der Waals surface area contributed by atoms with Crippen LogP contribution in [-0.2, 0) is 27.1 Å². The molecular weight excluding hydrogens is 442 g/mol. The zero-order valence-electron chi connectivity index (χ0n) is 20.5. The lowest BCUT2D eigenvalue weighted by Gasteiger charge is -2.25. The molecule has 1 aromatic heterocycles. The molecule has 35 heavy (non-hydrogen) atoms. The number of hydrogen-bond donors (Lipinski definition) is 2. The molecule has 4 amide bonds. The normalized spacial score (nSPS) is 18.0. The van der Waals surface area contributed by atoms with Gasteiger partial charge >= 0.3 is 6.03 Å². The van der Waals surface area contributed by atoms with Crippen LogP contribution >= 0.6 is 0 Å². The Hall–Kier alpha value is -3.94. The molecule has 2 heterocycles. The van der Waals surface area contributed by atoms with Crippen LogP contribution in [0, 0.1) is 0 Å². The molecule has 1 unspecified atom stereocenters. The van der Waals surface area contributed by atoms with Crippen LogP contribution in [0.5, 0.6) is 0 Å². The van der Waals surface area contributed by atoms with Crippen LogP contribution in [0.4, 0.5) is 10.6 Å². The van der Waals surface area contributed by atoms with Gasteiger partial charge < -0.3 is 10.6 Å². The summed E-state index contributed by atoms with van der Waals surface area (Å²) < 4.78 is 1.68. The molecular formula is C27H31N5O3. The van der Waals surface area contributed by atoms with Gasteiger partial charge in [-0.2, -0.15) is 5.10 Å². The molecule has 3 aromatic rings. The maximum absolute atomic E-state index is 13.3. The fourth-order valence-electron chi connectivity index (χ4n) is 4.31. The van der Waals surface area contributed by atoms with Crippen LogP contribution in [0.2, 0.25) is 0 Å². The Morgan fingerprint density at radius 1 is 1.03 bits per heavy atom. The molecule has 0 bridgehead atoms. The third-order valence-corrected chi connectivity index (χ3v) is 6.41. The Bertz CT molecular complexity index is 1230. The average Bonchev–Trinajstić information content (AvgIpc) is 3.36. The van der Waals surface area contributed by atoms with E-state index in [0.717, 1.165) is 10.5 Å². The van der Waals surface area contributed by atoms with E-state index in [0.29, 0.717) is 24.3 Å². The summed E-state index contributed by atoms with van der Waals surface area (Å²) >= 11 is 0. The summed E-state index contributed by atoms with van der Waals surface area (Å²) in [5.74, 6) is -0.413. The van der Waals surface area contributed by atoms with Gasteiger partial charge in [-0.05, 0) is 28.5 Å². The van der Waals surface area contributed by atoms with Gasteiger partial charge in [-0.3, -0.25) is 14.5 Å². The van der Waals surface area contributed by atoms with Crippen molar-refractivity contribution in [2.24, 2.45) is 0 Å². The predicted molar refractivity (Wildman–Crippen MR) is 134 cm³/mol. The van der Waals surface area contributed by atoms with Gasteiger partial charge in [-0.1, -0.05) is 82.3 Å². The number of carbonyl (C=O) groups is 3. The number of nitrogens with zero attached hydrogens (tertiary/aromatic N) is 3. The van der Waals surface area contributed by atoms with Crippen molar-refractivity contribution in [2.45, 2.75) is 51.6 Å². The van der Waals surface area contributed by atoms with E-state index in [1.165, 1.54) is 5.56 Å². The second-order valence-corrected chi connectivity index (χ2v) is 9.82. The van der Waals surface area contributed by atoms with Gasteiger partial charge in [-0.15, -0.1) is 0 Å². The summed E-state index contributed by atoms with van der Waals surface area (Å²) in [4.78, 5) is 39.7. The van der Waals surface area contributed by atoms with Crippen molar-refractivity contribution < 1.29 is 14.4 Å². The van der Waals surface area contributed by atoms with E-state index in [1.807, 2.05) is 25.1 Å². The summed E-state index contributed by atoms with van der Waals surface area (Å²) in [7, 11) is 0. The lowest BCUT2D eigenvalue weighted by atomic mass is 9.87. The predicted octanol–water partition coefficient (Wildman–Crippen LogP) is 4.02. The van der Waals surface area contributed by atoms with Gasteiger partial charge in [0.05, 0.1) is 12.7 Å². The van der Waals surface area contributed by atoms with E-state index in [4.69, 9.17) is 0 Å². The lowest BCUT2D eigenvalue weighted by Crippen LogP contribution is -2.44. The van der Waals surface area contributed by atoms with Crippen molar-refractivity contribution >= 4 is 23.7 Å². The largest absolute Gasteiger partial charge is 0.325 e. The second-order valence-electron chi connectivity index (χ2n) is 9.82. The first-order chi connectivity index (χ1) is 16.6. The maximum atomic E-state index is 13.3. The van der Waals surface area contributed by atoms with Gasteiger partial charge in [0.25, 0.3) is 5.91 Å². The van der Waals surface area contributed by atoms with Gasteiger partial charge in [0, 0.05) is 6.07 Å². The Morgan fingerprint density at radius 3 is 2.34 bits per heavy atom. The second kappa shape index (κ2) is 9.37. The summed E-state index contributed by atoms with van der Waals surface area (Å²) in [6.45, 7) is 8.42. The zero-order valence-corrected chi connectivity index (χ0v) is 20.5. The Kier molecular flexibility index (Phi) is 6.47. The third-order valence-electron chi connectivity index (χ3n) is 6.41. The monoisotopic (exact) mass is 473 g/mol. The molecule has 0 spiro atoms. The van der Waals surface area contributed by atoms with E-state index in [2.05, 4.69) is 60.8 Å². The molecule has 8 nitrogen and oxygen atoms in total. The number of carbonyl (C=O) groups excluding carboxylic acids is 3. The van der Waals surface area contributed by atoms with E-state index < -0.39 is 23.4 Å². The minimum absolute atomic E-state index is 0.0680. The van der Waals surface area contributed by atoms with Crippen LogP contribution < -0.4 is 10.6 Å². The number of imide groups is 1. The summed E-state index contributed by atoms with van der Waals surface area (Å²) in [6.07, 6.45) is 1.98. The van der Waals surface area contributed by atoms with Crippen molar-refractivity contribution in [3.63, 3.8) is 0 Å². The van der Waals surface area contributed by atoms with Crippen LogP contribution in [-0.4, -0.2) is 39.1 Å². The molecule has 182 valence electrons. The number of anilines is 1. The van der Waals surface area contributed by atoms with Crippen molar-refractivity contribution in [1.29, 1.82) is 0 Å². The van der Waals surface area contributed by atoms with E-state index in [9.17, 15) is 14.4 Å². The standard InChI is InChI=1S/C27H31N5O3/c1-5-27(21-9-7-6-8-10-21)24(34)31(25(35)30-27)18-23(33)29-22-15-16-28-32(22)17-19-11-13-20(14-12-19)26(2,3)4/h6-16H,5,17-18H2,1-4H3,(H,29,33)(H,30,35). The van der Waals surface area contributed by atoms with Crippen molar-refractivity contribution in [1.82, 2.24) is 20.0 Å². The molecule has 2 N–H and O–H groups in total. The van der Waals surface area contributed by atoms with Crippen LogP contribution in [0.1, 0.15) is 50.8 Å². The fourth-order valence-corrected chi connectivity index (χ4v) is 4.31. The number of amides is 4. The molecule has 1 fully saturated rings. The number of hydrogen-bond acceptors (Lipinski definition) is 4. The van der Waals surface area contributed by atoms with E-state index >= 15 is 0 Å². The minimum Gasteiger partial charge on any atom is -0.319 e. The molecule has 1 aliphatic rings. The Morgan fingerprint density at radius 2 is 1.71 bits per heavy atom. The molecule has 0 radical (unpaired) electrons. The molecule has 4 rings (SSSR count). The maximum Gasteiger partial charge on any atom is 0.325 e. The minimum atomic E-state index is -1.17.